The SMILES string of the molecule is Cc1c(CNC(=O)NC(C)C(O)Cc2ccccc2)cnn1C. The van der Waals surface area contributed by atoms with E-state index in [0.717, 1.165) is 16.8 Å². The van der Waals surface area contributed by atoms with Gasteiger partial charge in [-0.2, -0.15) is 5.10 Å². The summed E-state index contributed by atoms with van der Waals surface area (Å²) in [4.78, 5) is 11.9. The van der Waals surface area contributed by atoms with Gasteiger partial charge in [-0.15, -0.1) is 0 Å². The first-order valence-corrected chi connectivity index (χ1v) is 7.71. The Morgan fingerprint density at radius 2 is 2.04 bits per heavy atom. The van der Waals surface area contributed by atoms with E-state index in [-0.39, 0.29) is 12.1 Å². The average Bonchev–Trinajstić information content (AvgIpc) is 2.85. The molecule has 0 bridgehead atoms. The molecule has 0 aliphatic heterocycles. The number of hydrogen-bond acceptors (Lipinski definition) is 3. The molecule has 6 nitrogen and oxygen atoms in total. The molecule has 2 rings (SSSR count). The van der Waals surface area contributed by atoms with Gasteiger partial charge in [0.1, 0.15) is 0 Å². The van der Waals surface area contributed by atoms with Crippen LogP contribution in [-0.4, -0.2) is 33.1 Å². The van der Waals surface area contributed by atoms with Gasteiger partial charge < -0.3 is 15.7 Å². The first-order chi connectivity index (χ1) is 11.0. The first kappa shape index (κ1) is 17.0. The van der Waals surface area contributed by atoms with E-state index in [1.807, 2.05) is 44.3 Å². The third-order valence-electron chi connectivity index (χ3n) is 4.00. The number of aliphatic hydroxyl groups is 1. The lowest BCUT2D eigenvalue weighted by molar-refractivity contribution is 0.136. The number of rotatable bonds is 6. The fourth-order valence-corrected chi connectivity index (χ4v) is 2.28. The Morgan fingerprint density at radius 1 is 1.35 bits per heavy atom. The van der Waals surface area contributed by atoms with Crippen molar-refractivity contribution in [3.63, 3.8) is 0 Å². The molecule has 2 atom stereocenters. The maximum Gasteiger partial charge on any atom is 0.315 e. The number of aryl methyl sites for hydroxylation is 1. The standard InChI is InChI=1S/C17H24N4O2/c1-12(16(22)9-14-7-5-4-6-8-14)20-17(23)18-10-15-11-19-21(3)13(15)2/h4-8,11-12,16,22H,9-10H2,1-3H3,(H2,18,20,23). The fraction of sp³-hybridized carbons (Fsp3) is 0.412. The van der Waals surface area contributed by atoms with Crippen LogP contribution < -0.4 is 10.6 Å². The van der Waals surface area contributed by atoms with Crippen LogP contribution in [0.3, 0.4) is 0 Å². The van der Waals surface area contributed by atoms with Gasteiger partial charge in [0.25, 0.3) is 0 Å². The predicted molar refractivity (Wildman–Crippen MR) is 88.9 cm³/mol. The lowest BCUT2D eigenvalue weighted by atomic mass is 10.0. The van der Waals surface area contributed by atoms with Crippen molar-refractivity contribution in [3.8, 4) is 0 Å². The first-order valence-electron chi connectivity index (χ1n) is 7.71. The number of carbonyl (C=O) groups excluding carboxylic acids is 1. The van der Waals surface area contributed by atoms with E-state index in [0.29, 0.717) is 13.0 Å². The molecule has 1 heterocycles. The minimum absolute atomic E-state index is 0.298. The molecule has 0 saturated carbocycles. The van der Waals surface area contributed by atoms with Crippen LogP contribution in [0.1, 0.15) is 23.7 Å². The summed E-state index contributed by atoms with van der Waals surface area (Å²) in [5, 5.41) is 19.9. The van der Waals surface area contributed by atoms with E-state index in [2.05, 4.69) is 15.7 Å². The summed E-state index contributed by atoms with van der Waals surface area (Å²) in [6.45, 7) is 4.16. The molecule has 0 radical (unpaired) electrons. The third-order valence-corrected chi connectivity index (χ3v) is 4.00. The molecular weight excluding hydrogens is 292 g/mol. The van der Waals surface area contributed by atoms with Crippen LogP contribution in [0.5, 0.6) is 0 Å². The van der Waals surface area contributed by atoms with Gasteiger partial charge in [0, 0.05) is 31.3 Å². The predicted octanol–water partition coefficient (Wildman–Crippen LogP) is 1.52. The van der Waals surface area contributed by atoms with Gasteiger partial charge in [-0.25, -0.2) is 4.79 Å². The molecule has 1 aromatic heterocycles. The van der Waals surface area contributed by atoms with Gasteiger partial charge in [-0.1, -0.05) is 30.3 Å². The minimum atomic E-state index is -0.636. The zero-order valence-corrected chi connectivity index (χ0v) is 13.8. The highest BCUT2D eigenvalue weighted by Crippen LogP contribution is 2.07. The number of aromatic nitrogens is 2. The number of nitrogens with zero attached hydrogens (tertiary/aromatic N) is 2. The van der Waals surface area contributed by atoms with Crippen LogP contribution in [0, 0.1) is 6.92 Å². The second-order valence-electron chi connectivity index (χ2n) is 5.75. The lowest BCUT2D eigenvalue weighted by Gasteiger charge is -2.20. The highest BCUT2D eigenvalue weighted by atomic mass is 16.3. The van der Waals surface area contributed by atoms with E-state index >= 15 is 0 Å². The molecule has 23 heavy (non-hydrogen) atoms. The molecule has 0 aliphatic carbocycles. The summed E-state index contributed by atoms with van der Waals surface area (Å²) in [6.07, 6.45) is 1.61. The van der Waals surface area contributed by atoms with Gasteiger partial charge in [0.05, 0.1) is 18.3 Å². The van der Waals surface area contributed by atoms with Gasteiger partial charge in [0.2, 0.25) is 0 Å². The maximum atomic E-state index is 11.9. The zero-order valence-electron chi connectivity index (χ0n) is 13.8. The summed E-state index contributed by atoms with van der Waals surface area (Å²) in [7, 11) is 1.86. The highest BCUT2D eigenvalue weighted by molar-refractivity contribution is 5.74. The van der Waals surface area contributed by atoms with Gasteiger partial charge in [-0.05, 0) is 19.4 Å². The van der Waals surface area contributed by atoms with Crippen molar-refractivity contribution >= 4 is 6.03 Å². The van der Waals surface area contributed by atoms with Crippen molar-refractivity contribution in [2.24, 2.45) is 7.05 Å². The van der Waals surface area contributed by atoms with Crippen molar-refractivity contribution in [1.82, 2.24) is 20.4 Å². The number of benzene rings is 1. The Kier molecular flexibility index (Phi) is 5.76. The molecule has 1 aromatic carbocycles. The van der Waals surface area contributed by atoms with Gasteiger partial charge in [0.15, 0.2) is 0 Å². The van der Waals surface area contributed by atoms with Crippen LogP contribution in [-0.2, 0) is 20.0 Å². The Balaban J connectivity index is 1.78. The highest BCUT2D eigenvalue weighted by Gasteiger charge is 2.17. The maximum absolute atomic E-state index is 11.9. The Hall–Kier alpha value is -2.34. The third kappa shape index (κ3) is 4.82. The fourth-order valence-electron chi connectivity index (χ4n) is 2.28. The largest absolute Gasteiger partial charge is 0.391 e. The summed E-state index contributed by atoms with van der Waals surface area (Å²) < 4.78 is 1.77. The molecule has 124 valence electrons. The summed E-state index contributed by atoms with van der Waals surface area (Å²) in [5.74, 6) is 0. The second kappa shape index (κ2) is 7.78. The molecule has 2 aromatic rings. The van der Waals surface area contributed by atoms with E-state index in [1.54, 1.807) is 17.8 Å². The molecule has 2 amide bonds. The van der Waals surface area contributed by atoms with E-state index in [1.165, 1.54) is 0 Å². The van der Waals surface area contributed by atoms with Crippen molar-refractivity contribution in [1.29, 1.82) is 0 Å². The van der Waals surface area contributed by atoms with E-state index in [4.69, 9.17) is 0 Å². The van der Waals surface area contributed by atoms with Crippen molar-refractivity contribution in [2.75, 3.05) is 0 Å². The van der Waals surface area contributed by atoms with E-state index in [9.17, 15) is 9.90 Å². The normalized spacial score (nSPS) is 13.4. The molecule has 0 aliphatic rings. The summed E-state index contributed by atoms with van der Waals surface area (Å²) in [5.41, 5.74) is 3.03. The minimum Gasteiger partial charge on any atom is -0.391 e. The molecular formula is C17H24N4O2. The monoisotopic (exact) mass is 316 g/mol. The Morgan fingerprint density at radius 3 is 2.65 bits per heavy atom. The van der Waals surface area contributed by atoms with Crippen LogP contribution >= 0.6 is 0 Å². The number of urea groups is 1. The number of amides is 2. The Labute approximate surface area is 136 Å². The average molecular weight is 316 g/mol. The number of nitrogens with one attached hydrogen (secondary N) is 2. The van der Waals surface area contributed by atoms with Gasteiger partial charge in [-0.3, -0.25) is 4.68 Å². The van der Waals surface area contributed by atoms with Crippen molar-refractivity contribution < 1.29 is 9.90 Å². The lowest BCUT2D eigenvalue weighted by Crippen LogP contribution is -2.46. The molecule has 3 N–H and O–H groups in total. The van der Waals surface area contributed by atoms with Crippen molar-refractivity contribution in [2.45, 2.75) is 39.0 Å². The number of hydrogen-bond donors (Lipinski definition) is 3. The van der Waals surface area contributed by atoms with Crippen LogP contribution in [0.25, 0.3) is 0 Å². The smallest absolute Gasteiger partial charge is 0.315 e. The number of carbonyl (C=O) groups is 1. The second-order valence-corrected chi connectivity index (χ2v) is 5.75. The van der Waals surface area contributed by atoms with Crippen LogP contribution in [0.2, 0.25) is 0 Å². The zero-order chi connectivity index (χ0) is 16.8. The molecule has 0 saturated heterocycles. The van der Waals surface area contributed by atoms with Crippen molar-refractivity contribution in [3.05, 3.63) is 53.3 Å². The summed E-state index contributed by atoms with van der Waals surface area (Å²) in [6, 6.07) is 9.08. The molecule has 0 spiro atoms. The molecule has 0 fully saturated rings. The molecule has 6 heteroatoms. The topological polar surface area (TPSA) is 79.2 Å². The van der Waals surface area contributed by atoms with E-state index < -0.39 is 6.10 Å². The van der Waals surface area contributed by atoms with Crippen LogP contribution in [0.4, 0.5) is 4.79 Å². The Bertz CT molecular complexity index is 639. The molecule has 2 unspecified atom stereocenters. The number of aliphatic hydroxyl groups excluding tert-OH is 1. The van der Waals surface area contributed by atoms with Crippen LogP contribution in [0.15, 0.2) is 36.5 Å². The van der Waals surface area contributed by atoms with Gasteiger partial charge >= 0.3 is 6.03 Å². The summed E-state index contributed by atoms with van der Waals surface area (Å²) >= 11 is 0. The quantitative estimate of drug-likeness (QED) is 0.756.